The number of anilines is 1. The summed E-state index contributed by atoms with van der Waals surface area (Å²) in [6.07, 6.45) is -4.32. The monoisotopic (exact) mass is 282 g/mol. The molecule has 3 nitrogen and oxygen atoms in total. The first kappa shape index (κ1) is 14.3. The second-order valence-corrected chi connectivity index (χ2v) is 4.33. The molecule has 1 amide bonds. The number of amides is 1. The maximum Gasteiger partial charge on any atom is 0.401 e. The van der Waals surface area contributed by atoms with Gasteiger partial charge in [0.1, 0.15) is 0 Å². The minimum atomic E-state index is -4.32. The van der Waals surface area contributed by atoms with E-state index in [1.54, 1.807) is 12.1 Å². The Balaban J connectivity index is 1.92. The predicted molar refractivity (Wildman–Crippen MR) is 71.5 cm³/mol. The molecule has 0 aliphatic rings. The lowest BCUT2D eigenvalue weighted by Crippen LogP contribution is -2.35. The Morgan fingerprint density at radius 1 is 1.05 bits per heavy atom. The molecule has 2 N–H and O–H groups in total. The number of carbonyl (C=O) groups is 1. The Kier molecular flexibility index (Phi) is 4.24. The number of halogens is 3. The molecular formula is C14H13F3N2O. The van der Waals surface area contributed by atoms with Crippen molar-refractivity contribution in [1.82, 2.24) is 5.32 Å². The Labute approximate surface area is 113 Å². The van der Waals surface area contributed by atoms with E-state index in [0.717, 1.165) is 10.8 Å². The van der Waals surface area contributed by atoms with Crippen molar-refractivity contribution in [2.45, 2.75) is 6.18 Å². The number of rotatable bonds is 4. The van der Waals surface area contributed by atoms with E-state index in [4.69, 9.17) is 0 Å². The van der Waals surface area contributed by atoms with Crippen molar-refractivity contribution in [2.75, 3.05) is 18.4 Å². The van der Waals surface area contributed by atoms with Gasteiger partial charge in [0.25, 0.3) is 0 Å². The lowest BCUT2D eigenvalue weighted by molar-refractivity contribution is -0.126. The van der Waals surface area contributed by atoms with Crippen LogP contribution in [-0.2, 0) is 4.79 Å². The van der Waals surface area contributed by atoms with Crippen molar-refractivity contribution >= 4 is 22.4 Å². The Morgan fingerprint density at radius 3 is 2.45 bits per heavy atom. The van der Waals surface area contributed by atoms with Crippen molar-refractivity contribution in [2.24, 2.45) is 0 Å². The molecule has 0 aromatic heterocycles. The van der Waals surface area contributed by atoms with Crippen LogP contribution in [0.25, 0.3) is 10.8 Å². The van der Waals surface area contributed by atoms with Crippen molar-refractivity contribution in [3.8, 4) is 0 Å². The average Bonchev–Trinajstić information content (AvgIpc) is 2.37. The largest absolute Gasteiger partial charge is 0.401 e. The zero-order chi connectivity index (χ0) is 14.6. The molecule has 0 spiro atoms. The first-order valence-electron chi connectivity index (χ1n) is 6.00. The molecule has 20 heavy (non-hydrogen) atoms. The third-order valence-electron chi connectivity index (χ3n) is 2.64. The average molecular weight is 282 g/mol. The summed E-state index contributed by atoms with van der Waals surface area (Å²) in [5.41, 5.74) is 0.558. The van der Waals surface area contributed by atoms with E-state index in [2.05, 4.69) is 5.32 Å². The van der Waals surface area contributed by atoms with E-state index < -0.39 is 18.6 Å². The summed E-state index contributed by atoms with van der Waals surface area (Å²) in [6.45, 7) is -1.57. The normalized spacial score (nSPS) is 11.6. The van der Waals surface area contributed by atoms with Crippen LogP contribution in [0.5, 0.6) is 0 Å². The van der Waals surface area contributed by atoms with Gasteiger partial charge in [-0.05, 0) is 22.9 Å². The third-order valence-corrected chi connectivity index (χ3v) is 2.64. The molecule has 0 atom stereocenters. The lowest BCUT2D eigenvalue weighted by Gasteiger charge is -2.09. The van der Waals surface area contributed by atoms with E-state index in [1.165, 1.54) is 0 Å². The number of fused-ring (bicyclic) bond motifs is 1. The van der Waals surface area contributed by atoms with Gasteiger partial charge >= 0.3 is 6.18 Å². The topological polar surface area (TPSA) is 41.1 Å². The number of alkyl halides is 3. The summed E-state index contributed by atoms with van der Waals surface area (Å²) in [5.74, 6) is -0.510. The highest BCUT2D eigenvalue weighted by Gasteiger charge is 2.26. The van der Waals surface area contributed by atoms with Crippen LogP contribution in [-0.4, -0.2) is 25.2 Å². The van der Waals surface area contributed by atoms with Crippen molar-refractivity contribution < 1.29 is 18.0 Å². The molecule has 2 aromatic carbocycles. The summed E-state index contributed by atoms with van der Waals surface area (Å²) < 4.78 is 35.7. The first-order valence-corrected chi connectivity index (χ1v) is 6.00. The highest BCUT2D eigenvalue weighted by molar-refractivity contribution is 5.95. The molecule has 0 radical (unpaired) electrons. The van der Waals surface area contributed by atoms with Gasteiger partial charge in [0.2, 0.25) is 5.91 Å². The van der Waals surface area contributed by atoms with Gasteiger partial charge in [-0.25, -0.2) is 0 Å². The molecular weight excluding hydrogens is 269 g/mol. The number of benzene rings is 2. The maximum atomic E-state index is 11.9. The van der Waals surface area contributed by atoms with Crippen LogP contribution in [0.1, 0.15) is 0 Å². The molecule has 0 aliphatic carbocycles. The maximum absolute atomic E-state index is 11.9. The van der Waals surface area contributed by atoms with E-state index >= 15 is 0 Å². The molecule has 106 valence electrons. The van der Waals surface area contributed by atoms with Crippen LogP contribution >= 0.6 is 0 Å². The third kappa shape index (κ3) is 4.24. The Hall–Kier alpha value is -2.08. The van der Waals surface area contributed by atoms with Gasteiger partial charge in [0, 0.05) is 5.69 Å². The zero-order valence-electron chi connectivity index (χ0n) is 10.5. The number of hydrogen-bond donors (Lipinski definition) is 2. The molecule has 2 rings (SSSR count). The van der Waals surface area contributed by atoms with Crippen LogP contribution in [0.2, 0.25) is 0 Å². The van der Waals surface area contributed by atoms with Gasteiger partial charge in [-0.2, -0.15) is 13.2 Å². The smallest absolute Gasteiger partial charge is 0.325 e. The fraction of sp³-hybridized carbons (Fsp3) is 0.214. The second-order valence-electron chi connectivity index (χ2n) is 4.33. The number of carbonyl (C=O) groups excluding carboxylic acids is 1. The summed E-state index contributed by atoms with van der Waals surface area (Å²) in [7, 11) is 0. The van der Waals surface area contributed by atoms with Crippen LogP contribution in [0.4, 0.5) is 18.9 Å². The second kappa shape index (κ2) is 5.92. The highest BCUT2D eigenvalue weighted by Crippen LogP contribution is 2.18. The van der Waals surface area contributed by atoms with Crippen molar-refractivity contribution in [3.05, 3.63) is 42.5 Å². The lowest BCUT2D eigenvalue weighted by atomic mass is 10.1. The quantitative estimate of drug-likeness (QED) is 0.905. The zero-order valence-corrected chi connectivity index (χ0v) is 10.5. The van der Waals surface area contributed by atoms with Gasteiger partial charge in [-0.1, -0.05) is 30.3 Å². The summed E-state index contributed by atoms with van der Waals surface area (Å²) in [4.78, 5) is 11.5. The summed E-state index contributed by atoms with van der Waals surface area (Å²) in [6, 6.07) is 12.9. The molecule has 0 aliphatic heterocycles. The van der Waals surface area contributed by atoms with Gasteiger partial charge in [-0.3, -0.25) is 4.79 Å². The number of hydrogen-bond acceptors (Lipinski definition) is 2. The van der Waals surface area contributed by atoms with Crippen molar-refractivity contribution in [3.63, 3.8) is 0 Å². The molecule has 0 fully saturated rings. The van der Waals surface area contributed by atoms with E-state index in [9.17, 15) is 18.0 Å². The van der Waals surface area contributed by atoms with Gasteiger partial charge in [0.15, 0.2) is 0 Å². The van der Waals surface area contributed by atoms with Crippen LogP contribution in [0.15, 0.2) is 42.5 Å². The first-order chi connectivity index (χ1) is 9.44. The SMILES string of the molecule is O=C(CNCC(F)(F)F)Nc1ccc2ccccc2c1. The summed E-state index contributed by atoms with van der Waals surface area (Å²) in [5, 5.41) is 6.58. The minimum Gasteiger partial charge on any atom is -0.325 e. The molecule has 0 saturated carbocycles. The van der Waals surface area contributed by atoms with E-state index in [1.807, 2.05) is 35.6 Å². The highest BCUT2D eigenvalue weighted by atomic mass is 19.4. The number of nitrogens with one attached hydrogen (secondary N) is 2. The molecule has 6 heteroatoms. The molecule has 0 unspecified atom stereocenters. The Bertz CT molecular complexity index is 611. The predicted octanol–water partition coefficient (Wildman–Crippen LogP) is 2.93. The van der Waals surface area contributed by atoms with Crippen LogP contribution in [0.3, 0.4) is 0 Å². The van der Waals surface area contributed by atoms with Gasteiger partial charge in [0.05, 0.1) is 13.1 Å². The standard InChI is InChI=1S/C14H13F3N2O/c15-14(16,17)9-18-8-13(20)19-12-6-5-10-3-1-2-4-11(10)7-12/h1-7,18H,8-9H2,(H,19,20). The fourth-order valence-electron chi connectivity index (χ4n) is 1.79. The van der Waals surface area contributed by atoms with Crippen LogP contribution < -0.4 is 10.6 Å². The van der Waals surface area contributed by atoms with Gasteiger partial charge in [-0.15, -0.1) is 0 Å². The van der Waals surface area contributed by atoms with Crippen LogP contribution in [0, 0.1) is 0 Å². The molecule has 0 heterocycles. The fourth-order valence-corrected chi connectivity index (χ4v) is 1.79. The minimum absolute atomic E-state index is 0.383. The van der Waals surface area contributed by atoms with E-state index in [0.29, 0.717) is 5.69 Å². The molecule has 0 saturated heterocycles. The summed E-state index contributed by atoms with van der Waals surface area (Å²) >= 11 is 0. The molecule has 0 bridgehead atoms. The van der Waals surface area contributed by atoms with E-state index in [-0.39, 0.29) is 6.54 Å². The molecule has 2 aromatic rings. The Morgan fingerprint density at radius 2 is 1.75 bits per heavy atom. The van der Waals surface area contributed by atoms with Gasteiger partial charge < -0.3 is 10.6 Å². The van der Waals surface area contributed by atoms with Crippen molar-refractivity contribution in [1.29, 1.82) is 0 Å².